The van der Waals surface area contributed by atoms with Crippen molar-refractivity contribution in [1.82, 2.24) is 19.4 Å². The van der Waals surface area contributed by atoms with Crippen LogP contribution in [0, 0.1) is 5.82 Å². The number of imidazole rings is 1. The van der Waals surface area contributed by atoms with Crippen LogP contribution in [0.2, 0.25) is 0 Å². The van der Waals surface area contributed by atoms with E-state index in [-0.39, 0.29) is 11.9 Å². The van der Waals surface area contributed by atoms with Gasteiger partial charge >= 0.3 is 0 Å². The third-order valence-corrected chi connectivity index (χ3v) is 4.58. The number of halogens is 2. The van der Waals surface area contributed by atoms with Gasteiger partial charge in [0, 0.05) is 44.6 Å². The zero-order valence-corrected chi connectivity index (χ0v) is 13.8. The van der Waals surface area contributed by atoms with Gasteiger partial charge in [-0.05, 0) is 18.6 Å². The smallest absolute Gasteiger partial charge is 0.295 e. The van der Waals surface area contributed by atoms with E-state index >= 15 is 0 Å². The van der Waals surface area contributed by atoms with Gasteiger partial charge in [-0.2, -0.15) is 4.98 Å². The zero-order valence-electron chi connectivity index (χ0n) is 13.8. The van der Waals surface area contributed by atoms with E-state index < -0.39 is 6.17 Å². The molecule has 132 valence electrons. The summed E-state index contributed by atoms with van der Waals surface area (Å²) in [5.74, 6) is 0.531. The van der Waals surface area contributed by atoms with Gasteiger partial charge in [-0.1, -0.05) is 0 Å². The number of hydrogen-bond donors (Lipinski definition) is 1. The molecule has 4 rings (SSSR count). The van der Waals surface area contributed by atoms with E-state index in [9.17, 15) is 8.78 Å². The Bertz CT molecular complexity index is 877. The molecule has 1 aromatic carbocycles. The van der Waals surface area contributed by atoms with Crippen LogP contribution in [0.1, 0.15) is 12.2 Å². The number of oxazole rings is 1. The van der Waals surface area contributed by atoms with Gasteiger partial charge in [0.25, 0.3) is 6.01 Å². The van der Waals surface area contributed by atoms with E-state index in [4.69, 9.17) is 4.42 Å². The van der Waals surface area contributed by atoms with Crippen LogP contribution in [0.5, 0.6) is 0 Å². The maximum absolute atomic E-state index is 13.9. The summed E-state index contributed by atoms with van der Waals surface area (Å²) in [6, 6.07) is 4.54. The number of aryl methyl sites for hydroxylation is 1. The monoisotopic (exact) mass is 347 g/mol. The van der Waals surface area contributed by atoms with Crippen molar-refractivity contribution in [3.63, 3.8) is 0 Å². The van der Waals surface area contributed by atoms with E-state index in [1.807, 2.05) is 17.8 Å². The van der Waals surface area contributed by atoms with E-state index in [0.29, 0.717) is 43.2 Å². The summed E-state index contributed by atoms with van der Waals surface area (Å²) >= 11 is 0. The first-order chi connectivity index (χ1) is 12.1. The Morgan fingerprint density at radius 2 is 2.28 bits per heavy atom. The summed E-state index contributed by atoms with van der Waals surface area (Å²) in [4.78, 5) is 10.7. The summed E-state index contributed by atoms with van der Waals surface area (Å²) < 4.78 is 34.6. The van der Waals surface area contributed by atoms with Crippen LogP contribution in [-0.4, -0.2) is 44.7 Å². The van der Waals surface area contributed by atoms with Gasteiger partial charge in [0.2, 0.25) is 0 Å². The number of anilines is 1. The number of fused-ring (bicyclic) bond motifs is 1. The number of nitrogens with zero attached hydrogens (tertiary/aromatic N) is 4. The molecule has 25 heavy (non-hydrogen) atoms. The molecule has 0 aliphatic carbocycles. The Balaban J connectivity index is 1.43. The van der Waals surface area contributed by atoms with Crippen LogP contribution in [0.15, 0.2) is 35.0 Å². The summed E-state index contributed by atoms with van der Waals surface area (Å²) in [6.07, 6.45) is 3.21. The highest BCUT2D eigenvalue weighted by Crippen LogP contribution is 2.24. The summed E-state index contributed by atoms with van der Waals surface area (Å²) in [6.45, 7) is 1.48. The summed E-state index contributed by atoms with van der Waals surface area (Å²) in [5.41, 5.74) is 0.978. The molecule has 6 nitrogen and oxygen atoms in total. The highest BCUT2D eigenvalue weighted by molar-refractivity contribution is 5.74. The Labute approximate surface area is 143 Å². The maximum atomic E-state index is 13.9. The third kappa shape index (κ3) is 3.34. The van der Waals surface area contributed by atoms with Crippen molar-refractivity contribution in [2.24, 2.45) is 7.05 Å². The van der Waals surface area contributed by atoms with Crippen LogP contribution in [0.4, 0.5) is 14.8 Å². The predicted molar refractivity (Wildman–Crippen MR) is 89.4 cm³/mol. The average molecular weight is 347 g/mol. The lowest BCUT2D eigenvalue weighted by Gasteiger charge is -2.23. The van der Waals surface area contributed by atoms with Crippen molar-refractivity contribution in [2.75, 3.05) is 18.4 Å². The summed E-state index contributed by atoms with van der Waals surface area (Å²) in [7, 11) is 1.93. The van der Waals surface area contributed by atoms with Gasteiger partial charge in [-0.15, -0.1) is 0 Å². The van der Waals surface area contributed by atoms with Crippen molar-refractivity contribution in [3.05, 3.63) is 42.2 Å². The first-order valence-corrected chi connectivity index (χ1v) is 8.23. The Morgan fingerprint density at radius 3 is 3.08 bits per heavy atom. The second-order valence-corrected chi connectivity index (χ2v) is 6.38. The molecule has 2 aromatic heterocycles. The molecule has 0 unspecified atom stereocenters. The van der Waals surface area contributed by atoms with Gasteiger partial charge in [-0.25, -0.2) is 13.8 Å². The number of likely N-dealkylation sites (tertiary alicyclic amines) is 1. The fraction of sp³-hybridized carbons (Fsp3) is 0.412. The van der Waals surface area contributed by atoms with E-state index in [2.05, 4.69) is 20.2 Å². The number of rotatable bonds is 5. The second-order valence-electron chi connectivity index (χ2n) is 6.38. The first-order valence-electron chi connectivity index (χ1n) is 8.23. The van der Waals surface area contributed by atoms with Crippen molar-refractivity contribution in [2.45, 2.75) is 25.2 Å². The lowest BCUT2D eigenvalue weighted by molar-refractivity contribution is 0.233. The number of nitrogens with one attached hydrogen (secondary N) is 1. The quantitative estimate of drug-likeness (QED) is 0.769. The van der Waals surface area contributed by atoms with Crippen molar-refractivity contribution in [3.8, 4) is 0 Å². The molecule has 3 aromatic rings. The lowest BCUT2D eigenvalue weighted by Crippen LogP contribution is -2.35. The number of hydrogen-bond acceptors (Lipinski definition) is 5. The Morgan fingerprint density at radius 1 is 1.40 bits per heavy atom. The molecular weight excluding hydrogens is 328 g/mol. The topological polar surface area (TPSA) is 59.1 Å². The SMILES string of the molecule is Cn1ccnc1CN1C[C@@H](F)C[C@H]1CNc1nc2ccc(F)cc2o1. The molecule has 0 saturated carbocycles. The zero-order chi connectivity index (χ0) is 17.4. The second kappa shape index (κ2) is 6.44. The standard InChI is InChI=1S/C17H19F2N5O/c1-23-5-4-20-16(23)10-24-9-12(19)6-13(24)8-21-17-22-14-3-2-11(18)7-15(14)25-17/h2-5,7,12-13H,6,8-10H2,1H3,(H,21,22)/t12-,13-/m0/s1. The lowest BCUT2D eigenvalue weighted by atomic mass is 10.2. The Kier molecular flexibility index (Phi) is 4.12. The average Bonchev–Trinajstić information content (AvgIpc) is 3.25. The fourth-order valence-corrected chi connectivity index (χ4v) is 3.24. The van der Waals surface area contributed by atoms with Crippen molar-refractivity contribution >= 4 is 17.1 Å². The molecular formula is C17H19F2N5O. The Hall–Kier alpha value is -2.48. The third-order valence-electron chi connectivity index (χ3n) is 4.58. The molecule has 1 saturated heterocycles. The molecule has 1 N–H and O–H groups in total. The fourth-order valence-electron chi connectivity index (χ4n) is 3.24. The minimum Gasteiger partial charge on any atom is -0.423 e. The normalized spacial score (nSPS) is 21.2. The van der Waals surface area contributed by atoms with Crippen LogP contribution in [0.3, 0.4) is 0 Å². The van der Waals surface area contributed by atoms with Crippen LogP contribution in [-0.2, 0) is 13.6 Å². The predicted octanol–water partition coefficient (Wildman–Crippen LogP) is 2.72. The highest BCUT2D eigenvalue weighted by Gasteiger charge is 2.32. The van der Waals surface area contributed by atoms with Crippen molar-refractivity contribution in [1.29, 1.82) is 0 Å². The van der Waals surface area contributed by atoms with Gasteiger partial charge in [0.15, 0.2) is 5.58 Å². The molecule has 1 fully saturated rings. The van der Waals surface area contributed by atoms with Crippen LogP contribution < -0.4 is 5.32 Å². The van der Waals surface area contributed by atoms with E-state index in [0.717, 1.165) is 5.82 Å². The molecule has 0 radical (unpaired) electrons. The number of aromatic nitrogens is 3. The van der Waals surface area contributed by atoms with Gasteiger partial charge in [-0.3, -0.25) is 4.90 Å². The number of alkyl halides is 1. The molecule has 1 aliphatic rings. The molecule has 0 spiro atoms. The molecule has 3 heterocycles. The van der Waals surface area contributed by atoms with Gasteiger partial charge < -0.3 is 14.3 Å². The van der Waals surface area contributed by atoms with Crippen LogP contribution >= 0.6 is 0 Å². The minimum atomic E-state index is -0.857. The number of benzene rings is 1. The van der Waals surface area contributed by atoms with E-state index in [1.165, 1.54) is 12.1 Å². The maximum Gasteiger partial charge on any atom is 0.295 e. The minimum absolute atomic E-state index is 0.0125. The molecule has 8 heteroatoms. The van der Waals surface area contributed by atoms with Crippen molar-refractivity contribution < 1.29 is 13.2 Å². The summed E-state index contributed by atoms with van der Waals surface area (Å²) in [5, 5.41) is 3.10. The first kappa shape index (κ1) is 16.0. The molecule has 0 amide bonds. The van der Waals surface area contributed by atoms with E-state index in [1.54, 1.807) is 12.3 Å². The molecule has 0 bridgehead atoms. The van der Waals surface area contributed by atoms with Gasteiger partial charge in [0.1, 0.15) is 23.3 Å². The van der Waals surface area contributed by atoms with Gasteiger partial charge in [0.05, 0.1) is 6.54 Å². The molecule has 1 aliphatic heterocycles. The highest BCUT2D eigenvalue weighted by atomic mass is 19.1. The largest absolute Gasteiger partial charge is 0.423 e. The molecule has 2 atom stereocenters. The van der Waals surface area contributed by atoms with Crippen LogP contribution in [0.25, 0.3) is 11.1 Å².